The number of ether oxygens (including phenoxy) is 1. The van der Waals surface area contributed by atoms with Gasteiger partial charge in [0.25, 0.3) is 0 Å². The highest BCUT2D eigenvalue weighted by Gasteiger charge is 2.20. The zero-order chi connectivity index (χ0) is 15.5. The second-order valence-corrected chi connectivity index (χ2v) is 5.29. The molecule has 1 aromatic heterocycles. The van der Waals surface area contributed by atoms with E-state index in [4.69, 9.17) is 4.74 Å². The van der Waals surface area contributed by atoms with Crippen molar-refractivity contribution >= 4 is 28.5 Å². The Labute approximate surface area is 127 Å². The van der Waals surface area contributed by atoms with Crippen LogP contribution in [0.25, 0.3) is 10.9 Å². The predicted octanol–water partition coefficient (Wildman–Crippen LogP) is 2.64. The lowest BCUT2D eigenvalue weighted by Crippen LogP contribution is -2.23. The van der Waals surface area contributed by atoms with Gasteiger partial charge in [-0.1, -0.05) is 12.2 Å². The molecule has 0 bridgehead atoms. The molecular weight excluding hydrogens is 282 g/mol. The third kappa shape index (κ3) is 2.72. The van der Waals surface area contributed by atoms with E-state index in [1.54, 1.807) is 18.2 Å². The molecule has 1 atom stereocenters. The van der Waals surface area contributed by atoms with E-state index in [0.29, 0.717) is 11.1 Å². The number of benzene rings is 1. The van der Waals surface area contributed by atoms with Crippen LogP contribution in [-0.4, -0.2) is 29.2 Å². The molecule has 0 saturated heterocycles. The number of fused-ring (bicyclic) bond motifs is 1. The minimum Gasteiger partial charge on any atom is -0.464 e. The minimum absolute atomic E-state index is 0.00474. The molecule has 1 heterocycles. The molecule has 1 aromatic carbocycles. The van der Waals surface area contributed by atoms with E-state index in [1.165, 1.54) is 7.11 Å². The largest absolute Gasteiger partial charge is 0.464 e. The number of carbonyl (C=O) groups excluding carboxylic acids is 2. The third-order valence-electron chi connectivity index (χ3n) is 3.85. The molecule has 6 nitrogen and oxygen atoms in total. The number of allylic oxidation sites excluding steroid dienone is 2. The molecule has 0 radical (unpaired) electrons. The maximum absolute atomic E-state index is 12.3. The Hall–Kier alpha value is -2.63. The highest BCUT2D eigenvalue weighted by molar-refractivity contribution is 6.04. The number of aromatic amines is 1. The van der Waals surface area contributed by atoms with Crippen molar-refractivity contribution in [2.24, 2.45) is 5.92 Å². The van der Waals surface area contributed by atoms with E-state index in [2.05, 4.69) is 21.6 Å². The summed E-state index contributed by atoms with van der Waals surface area (Å²) in [6.45, 7) is 0. The standard InChI is InChI=1S/C16H17N3O3/c1-22-16(21)14-12-9-11(7-8-13(12)18-19-14)17-15(20)10-5-3-2-4-6-10/h2-3,7-10H,4-6H2,1H3,(H,17,20)(H,18,19)/t10-/m0/s1. The summed E-state index contributed by atoms with van der Waals surface area (Å²) in [7, 11) is 1.31. The second-order valence-electron chi connectivity index (χ2n) is 5.29. The van der Waals surface area contributed by atoms with Crippen LogP contribution >= 0.6 is 0 Å². The number of esters is 1. The summed E-state index contributed by atoms with van der Waals surface area (Å²) in [6, 6.07) is 5.31. The number of amides is 1. The van der Waals surface area contributed by atoms with Crippen LogP contribution in [0.2, 0.25) is 0 Å². The monoisotopic (exact) mass is 299 g/mol. The van der Waals surface area contributed by atoms with Gasteiger partial charge in [0, 0.05) is 17.0 Å². The molecule has 3 rings (SSSR count). The molecule has 0 aliphatic heterocycles. The number of rotatable bonds is 3. The van der Waals surface area contributed by atoms with Crippen molar-refractivity contribution in [3.8, 4) is 0 Å². The van der Waals surface area contributed by atoms with Crippen molar-refractivity contribution in [2.45, 2.75) is 19.3 Å². The van der Waals surface area contributed by atoms with Gasteiger partial charge in [-0.05, 0) is 37.5 Å². The predicted molar refractivity (Wildman–Crippen MR) is 82.5 cm³/mol. The third-order valence-corrected chi connectivity index (χ3v) is 3.85. The first-order chi connectivity index (χ1) is 10.7. The zero-order valence-electron chi connectivity index (χ0n) is 12.3. The number of nitrogens with one attached hydrogen (secondary N) is 2. The molecule has 22 heavy (non-hydrogen) atoms. The molecule has 114 valence electrons. The van der Waals surface area contributed by atoms with Crippen molar-refractivity contribution in [3.63, 3.8) is 0 Å². The number of aromatic nitrogens is 2. The summed E-state index contributed by atoms with van der Waals surface area (Å²) in [5, 5.41) is 10.3. The molecule has 1 amide bonds. The van der Waals surface area contributed by atoms with Crippen LogP contribution in [0.3, 0.4) is 0 Å². The molecule has 1 aliphatic rings. The summed E-state index contributed by atoms with van der Waals surface area (Å²) in [4.78, 5) is 23.9. The van der Waals surface area contributed by atoms with Crippen molar-refractivity contribution in [1.82, 2.24) is 10.2 Å². The number of nitrogens with zero attached hydrogens (tertiary/aromatic N) is 1. The Morgan fingerprint density at radius 2 is 2.23 bits per heavy atom. The Morgan fingerprint density at radius 1 is 1.36 bits per heavy atom. The Balaban J connectivity index is 1.83. The SMILES string of the molecule is COC(=O)c1n[nH]c2ccc(NC(=O)[C@H]3CC=CCC3)cc12. The highest BCUT2D eigenvalue weighted by atomic mass is 16.5. The van der Waals surface area contributed by atoms with Crippen LogP contribution in [0, 0.1) is 5.92 Å². The van der Waals surface area contributed by atoms with Gasteiger partial charge in [-0.25, -0.2) is 4.79 Å². The first-order valence-electron chi connectivity index (χ1n) is 7.21. The van der Waals surface area contributed by atoms with E-state index in [-0.39, 0.29) is 17.5 Å². The topological polar surface area (TPSA) is 84.1 Å². The summed E-state index contributed by atoms with van der Waals surface area (Å²) < 4.78 is 4.70. The van der Waals surface area contributed by atoms with Crippen LogP contribution in [0.5, 0.6) is 0 Å². The van der Waals surface area contributed by atoms with Gasteiger partial charge in [0.05, 0.1) is 12.6 Å². The van der Waals surface area contributed by atoms with Gasteiger partial charge in [-0.3, -0.25) is 9.89 Å². The van der Waals surface area contributed by atoms with Crippen LogP contribution in [-0.2, 0) is 9.53 Å². The lowest BCUT2D eigenvalue weighted by molar-refractivity contribution is -0.120. The second kappa shape index (κ2) is 6.01. The normalized spacial score (nSPS) is 17.4. The quantitative estimate of drug-likeness (QED) is 0.674. The van der Waals surface area contributed by atoms with E-state index < -0.39 is 5.97 Å². The zero-order valence-corrected chi connectivity index (χ0v) is 12.3. The van der Waals surface area contributed by atoms with Gasteiger partial charge in [-0.2, -0.15) is 5.10 Å². The molecule has 0 unspecified atom stereocenters. The average Bonchev–Trinajstić information content (AvgIpc) is 2.98. The fourth-order valence-corrected chi connectivity index (χ4v) is 2.62. The van der Waals surface area contributed by atoms with E-state index >= 15 is 0 Å². The molecule has 0 fully saturated rings. The van der Waals surface area contributed by atoms with Crippen molar-refractivity contribution in [2.75, 3.05) is 12.4 Å². The lowest BCUT2D eigenvalue weighted by Gasteiger charge is -2.17. The van der Waals surface area contributed by atoms with Crippen LogP contribution in [0.1, 0.15) is 29.8 Å². The van der Waals surface area contributed by atoms with Crippen LogP contribution < -0.4 is 5.32 Å². The molecular formula is C16H17N3O3. The fourth-order valence-electron chi connectivity index (χ4n) is 2.62. The van der Waals surface area contributed by atoms with Gasteiger partial charge >= 0.3 is 5.97 Å². The highest BCUT2D eigenvalue weighted by Crippen LogP contribution is 2.24. The van der Waals surface area contributed by atoms with Gasteiger partial charge in [0.2, 0.25) is 5.91 Å². The Kier molecular flexibility index (Phi) is 3.91. The number of H-pyrrole nitrogens is 1. The van der Waals surface area contributed by atoms with E-state index in [0.717, 1.165) is 24.8 Å². The molecule has 0 saturated carbocycles. The minimum atomic E-state index is -0.507. The van der Waals surface area contributed by atoms with Gasteiger partial charge in [0.15, 0.2) is 5.69 Å². The van der Waals surface area contributed by atoms with Crippen LogP contribution in [0.15, 0.2) is 30.4 Å². The Bertz CT molecular complexity index is 748. The van der Waals surface area contributed by atoms with Crippen LogP contribution in [0.4, 0.5) is 5.69 Å². The average molecular weight is 299 g/mol. The van der Waals surface area contributed by atoms with Gasteiger partial charge < -0.3 is 10.1 Å². The van der Waals surface area contributed by atoms with Crippen molar-refractivity contribution in [3.05, 3.63) is 36.0 Å². The first kappa shape index (κ1) is 14.3. The first-order valence-corrected chi connectivity index (χ1v) is 7.21. The fraction of sp³-hybridized carbons (Fsp3) is 0.312. The van der Waals surface area contributed by atoms with E-state index in [9.17, 15) is 9.59 Å². The Morgan fingerprint density at radius 3 is 2.95 bits per heavy atom. The number of hydrogen-bond donors (Lipinski definition) is 2. The van der Waals surface area contributed by atoms with Crippen molar-refractivity contribution in [1.29, 1.82) is 0 Å². The number of carbonyl (C=O) groups is 2. The molecule has 0 spiro atoms. The smallest absolute Gasteiger partial charge is 0.359 e. The molecule has 2 N–H and O–H groups in total. The molecule has 6 heteroatoms. The lowest BCUT2D eigenvalue weighted by atomic mass is 9.93. The van der Waals surface area contributed by atoms with Crippen molar-refractivity contribution < 1.29 is 14.3 Å². The molecule has 1 aliphatic carbocycles. The maximum atomic E-state index is 12.3. The number of hydrogen-bond acceptors (Lipinski definition) is 4. The summed E-state index contributed by atoms with van der Waals surface area (Å²) in [5.41, 5.74) is 1.59. The summed E-state index contributed by atoms with van der Waals surface area (Å²) >= 11 is 0. The molecule has 2 aromatic rings. The number of anilines is 1. The van der Waals surface area contributed by atoms with Gasteiger partial charge in [0.1, 0.15) is 0 Å². The number of methoxy groups -OCH3 is 1. The van der Waals surface area contributed by atoms with E-state index in [1.807, 2.05) is 6.08 Å². The summed E-state index contributed by atoms with van der Waals surface area (Å²) in [5.74, 6) is -0.496. The summed E-state index contributed by atoms with van der Waals surface area (Å²) in [6.07, 6.45) is 6.72. The maximum Gasteiger partial charge on any atom is 0.359 e. The van der Waals surface area contributed by atoms with Gasteiger partial charge in [-0.15, -0.1) is 0 Å².